The number of rotatable bonds is 3. The maximum Gasteiger partial charge on any atom is 0.197 e. The van der Waals surface area contributed by atoms with E-state index < -0.39 is 5.82 Å². The van der Waals surface area contributed by atoms with E-state index in [1.807, 2.05) is 13.8 Å². The van der Waals surface area contributed by atoms with E-state index in [0.717, 1.165) is 0 Å². The van der Waals surface area contributed by atoms with Crippen LogP contribution >= 0.6 is 0 Å². The number of imidazole rings is 1. The molecule has 2 aromatic rings. The molecule has 1 aromatic heterocycles. The van der Waals surface area contributed by atoms with Crippen molar-refractivity contribution in [3.8, 4) is 17.0 Å². The number of hydrogen-bond acceptors (Lipinski definition) is 3. The lowest BCUT2D eigenvalue weighted by Crippen LogP contribution is -2.06. The quantitative estimate of drug-likeness (QED) is 0.859. The highest BCUT2D eigenvalue weighted by Gasteiger charge is 2.08. The normalized spacial score (nSPS) is 10.8. The topological polar surface area (TPSA) is 63.9 Å². The molecule has 4 nitrogen and oxygen atoms in total. The Bertz CT molecular complexity index is 522. The zero-order valence-electron chi connectivity index (χ0n) is 9.70. The molecule has 0 aliphatic heterocycles. The number of nitrogens with one attached hydrogen (secondary N) is 1. The predicted molar refractivity (Wildman–Crippen MR) is 64.2 cm³/mol. The van der Waals surface area contributed by atoms with E-state index in [4.69, 9.17) is 10.5 Å². The average Bonchev–Trinajstić information content (AvgIpc) is 2.67. The van der Waals surface area contributed by atoms with Crippen LogP contribution in [0.5, 0.6) is 5.75 Å². The van der Waals surface area contributed by atoms with Gasteiger partial charge in [0.05, 0.1) is 18.0 Å². The Labute approximate surface area is 98.6 Å². The lowest BCUT2D eigenvalue weighted by Gasteiger charge is -2.10. The summed E-state index contributed by atoms with van der Waals surface area (Å²) >= 11 is 0. The third-order valence-corrected chi connectivity index (χ3v) is 2.20. The molecule has 90 valence electrons. The molecule has 0 aliphatic carbocycles. The van der Waals surface area contributed by atoms with Crippen molar-refractivity contribution in [3.05, 3.63) is 30.2 Å². The van der Waals surface area contributed by atoms with Gasteiger partial charge in [0, 0.05) is 5.56 Å². The number of nitrogens with two attached hydrogens (primary N) is 1. The second kappa shape index (κ2) is 4.45. The van der Waals surface area contributed by atoms with Crippen molar-refractivity contribution in [2.45, 2.75) is 20.0 Å². The van der Waals surface area contributed by atoms with Gasteiger partial charge in [0.1, 0.15) is 0 Å². The highest BCUT2D eigenvalue weighted by atomic mass is 19.1. The summed E-state index contributed by atoms with van der Waals surface area (Å²) in [5, 5.41) is 0. The number of aromatic nitrogens is 2. The molecule has 0 saturated carbocycles. The Morgan fingerprint density at radius 1 is 1.41 bits per heavy atom. The van der Waals surface area contributed by atoms with Crippen LogP contribution < -0.4 is 10.5 Å². The monoisotopic (exact) mass is 235 g/mol. The summed E-state index contributed by atoms with van der Waals surface area (Å²) in [6.07, 6.45) is 1.51. The third kappa shape index (κ3) is 2.55. The van der Waals surface area contributed by atoms with E-state index in [2.05, 4.69) is 9.97 Å². The first kappa shape index (κ1) is 11.4. The molecule has 1 aromatic carbocycles. The fourth-order valence-corrected chi connectivity index (χ4v) is 1.50. The van der Waals surface area contributed by atoms with Gasteiger partial charge in [0.2, 0.25) is 0 Å². The molecule has 0 fully saturated rings. The fraction of sp³-hybridized carbons (Fsp3) is 0.250. The van der Waals surface area contributed by atoms with E-state index in [0.29, 0.717) is 17.2 Å². The molecule has 0 bridgehead atoms. The summed E-state index contributed by atoms with van der Waals surface area (Å²) in [5.74, 6) is 0.156. The summed E-state index contributed by atoms with van der Waals surface area (Å²) < 4.78 is 19.0. The van der Waals surface area contributed by atoms with Crippen LogP contribution in [0.25, 0.3) is 11.3 Å². The number of anilines is 1. The number of H-pyrrole nitrogens is 1. The van der Waals surface area contributed by atoms with Gasteiger partial charge in [-0.15, -0.1) is 0 Å². The smallest absolute Gasteiger partial charge is 0.197 e. The van der Waals surface area contributed by atoms with Crippen molar-refractivity contribution in [1.29, 1.82) is 0 Å². The average molecular weight is 235 g/mol. The van der Waals surface area contributed by atoms with Crippen LogP contribution in [0.15, 0.2) is 24.4 Å². The van der Waals surface area contributed by atoms with Crippen LogP contribution in [0.1, 0.15) is 13.8 Å². The number of ether oxygens (including phenoxy) is 1. The number of aromatic amines is 1. The maximum atomic E-state index is 13.7. The molecule has 0 radical (unpaired) electrons. The molecule has 0 atom stereocenters. The third-order valence-electron chi connectivity index (χ3n) is 2.20. The number of benzene rings is 1. The largest absolute Gasteiger partial charge is 0.488 e. The Balaban J connectivity index is 2.30. The van der Waals surface area contributed by atoms with Crippen molar-refractivity contribution in [2.24, 2.45) is 0 Å². The lowest BCUT2D eigenvalue weighted by molar-refractivity contribution is 0.231. The molecule has 3 N–H and O–H groups in total. The molecule has 0 spiro atoms. The molecule has 0 unspecified atom stereocenters. The van der Waals surface area contributed by atoms with Gasteiger partial charge >= 0.3 is 0 Å². The summed E-state index contributed by atoms with van der Waals surface area (Å²) in [6, 6.07) is 4.75. The van der Waals surface area contributed by atoms with Gasteiger partial charge < -0.3 is 15.5 Å². The number of hydrogen-bond donors (Lipinski definition) is 2. The molecular formula is C12H14FN3O. The van der Waals surface area contributed by atoms with Gasteiger partial charge in [-0.3, -0.25) is 0 Å². The Morgan fingerprint density at radius 3 is 2.71 bits per heavy atom. The number of halogens is 1. The van der Waals surface area contributed by atoms with Crippen LogP contribution in [-0.2, 0) is 0 Å². The SMILES string of the molecule is CC(C)Oc1ccc(-c2cnc(N)[nH]2)cc1F. The van der Waals surface area contributed by atoms with Crippen LogP contribution in [0.3, 0.4) is 0 Å². The van der Waals surface area contributed by atoms with Gasteiger partial charge in [0.15, 0.2) is 17.5 Å². The first-order valence-corrected chi connectivity index (χ1v) is 5.33. The molecular weight excluding hydrogens is 221 g/mol. The molecule has 0 aliphatic rings. The molecule has 1 heterocycles. The van der Waals surface area contributed by atoms with Crippen LogP contribution in [0.4, 0.5) is 10.3 Å². The Hall–Kier alpha value is -2.04. The van der Waals surface area contributed by atoms with Crippen molar-refractivity contribution in [2.75, 3.05) is 5.73 Å². The number of nitrogen functional groups attached to an aromatic ring is 1. The minimum absolute atomic E-state index is 0.0573. The summed E-state index contributed by atoms with van der Waals surface area (Å²) in [5.41, 5.74) is 6.83. The van der Waals surface area contributed by atoms with E-state index in [1.54, 1.807) is 18.3 Å². The number of nitrogens with zero attached hydrogens (tertiary/aromatic N) is 1. The van der Waals surface area contributed by atoms with E-state index in [1.165, 1.54) is 6.07 Å². The highest BCUT2D eigenvalue weighted by molar-refractivity contribution is 5.61. The minimum atomic E-state index is -0.399. The highest BCUT2D eigenvalue weighted by Crippen LogP contribution is 2.25. The summed E-state index contributed by atoms with van der Waals surface area (Å²) in [4.78, 5) is 6.70. The molecule has 2 rings (SSSR count). The zero-order chi connectivity index (χ0) is 12.4. The van der Waals surface area contributed by atoms with E-state index in [-0.39, 0.29) is 11.9 Å². The van der Waals surface area contributed by atoms with Crippen LogP contribution in [-0.4, -0.2) is 16.1 Å². The Morgan fingerprint density at radius 2 is 2.18 bits per heavy atom. The summed E-state index contributed by atoms with van der Waals surface area (Å²) in [7, 11) is 0. The first-order chi connectivity index (χ1) is 8.06. The zero-order valence-corrected chi connectivity index (χ0v) is 9.70. The second-order valence-electron chi connectivity index (χ2n) is 3.99. The standard InChI is InChI=1S/C12H14FN3O/c1-7(2)17-11-4-3-8(5-9(11)13)10-6-15-12(14)16-10/h3-7H,1-2H3,(H3,14,15,16). The maximum absolute atomic E-state index is 13.7. The van der Waals surface area contributed by atoms with Crippen molar-refractivity contribution in [1.82, 2.24) is 9.97 Å². The summed E-state index contributed by atoms with van der Waals surface area (Å²) in [6.45, 7) is 3.70. The van der Waals surface area contributed by atoms with Crippen molar-refractivity contribution < 1.29 is 9.13 Å². The molecule has 17 heavy (non-hydrogen) atoms. The van der Waals surface area contributed by atoms with Gasteiger partial charge in [0.25, 0.3) is 0 Å². The second-order valence-corrected chi connectivity index (χ2v) is 3.99. The Kier molecular flexibility index (Phi) is 2.99. The fourth-order valence-electron chi connectivity index (χ4n) is 1.50. The van der Waals surface area contributed by atoms with Crippen molar-refractivity contribution >= 4 is 5.95 Å². The van der Waals surface area contributed by atoms with Gasteiger partial charge in [-0.25, -0.2) is 9.37 Å². The minimum Gasteiger partial charge on any atom is -0.488 e. The van der Waals surface area contributed by atoms with E-state index in [9.17, 15) is 4.39 Å². The molecule has 5 heteroatoms. The van der Waals surface area contributed by atoms with Crippen molar-refractivity contribution in [3.63, 3.8) is 0 Å². The first-order valence-electron chi connectivity index (χ1n) is 5.33. The van der Waals surface area contributed by atoms with Crippen LogP contribution in [0.2, 0.25) is 0 Å². The van der Waals surface area contributed by atoms with E-state index >= 15 is 0 Å². The molecule has 0 saturated heterocycles. The predicted octanol–water partition coefficient (Wildman–Crippen LogP) is 2.59. The lowest BCUT2D eigenvalue weighted by atomic mass is 10.1. The molecule has 0 amide bonds. The van der Waals surface area contributed by atoms with Gasteiger partial charge in [-0.1, -0.05) is 0 Å². The van der Waals surface area contributed by atoms with Gasteiger partial charge in [-0.05, 0) is 32.0 Å². The van der Waals surface area contributed by atoms with Gasteiger partial charge in [-0.2, -0.15) is 0 Å². The van der Waals surface area contributed by atoms with Crippen LogP contribution in [0, 0.1) is 5.82 Å².